The molecule has 3 nitrogen and oxygen atoms in total. The van der Waals surface area contributed by atoms with Gasteiger partial charge in [-0.05, 0) is 11.6 Å². The molecule has 0 saturated carbocycles. The zero-order valence-corrected chi connectivity index (χ0v) is 11.3. The zero-order chi connectivity index (χ0) is 13.0. The Balaban J connectivity index is 2.10. The monoisotopic (exact) mass is 270 g/mol. The van der Waals surface area contributed by atoms with Crippen molar-refractivity contribution in [1.29, 1.82) is 0 Å². The summed E-state index contributed by atoms with van der Waals surface area (Å²) in [6.07, 6.45) is 1.38. The van der Waals surface area contributed by atoms with Crippen LogP contribution >= 0.6 is 11.6 Å². The van der Waals surface area contributed by atoms with E-state index in [1.165, 1.54) is 0 Å². The van der Waals surface area contributed by atoms with Crippen LogP contribution in [0.2, 0.25) is 5.02 Å². The smallest absolute Gasteiger partial charge is 0.0983 e. The second-order valence-corrected chi connectivity index (χ2v) is 5.10. The molecule has 1 aliphatic heterocycles. The number of methoxy groups -OCH3 is 1. The normalized spacial score (nSPS) is 20.6. The molecule has 0 aromatic heterocycles. The van der Waals surface area contributed by atoms with Crippen LogP contribution < -0.4 is 0 Å². The van der Waals surface area contributed by atoms with Crippen molar-refractivity contribution in [1.82, 2.24) is 0 Å². The summed E-state index contributed by atoms with van der Waals surface area (Å²) in [6, 6.07) is 7.59. The van der Waals surface area contributed by atoms with Crippen LogP contribution in [0.15, 0.2) is 24.3 Å². The van der Waals surface area contributed by atoms with Gasteiger partial charge >= 0.3 is 0 Å². The molecular formula is C14H19ClO3. The Morgan fingerprint density at radius 1 is 1.39 bits per heavy atom. The molecule has 2 rings (SSSR count). The molecule has 1 N–H and O–H groups in total. The maximum absolute atomic E-state index is 10.5. The third-order valence-electron chi connectivity index (χ3n) is 3.72. The van der Waals surface area contributed by atoms with Crippen LogP contribution in [0.3, 0.4) is 0 Å². The fourth-order valence-electron chi connectivity index (χ4n) is 2.45. The van der Waals surface area contributed by atoms with Gasteiger partial charge in [0, 0.05) is 44.6 Å². The van der Waals surface area contributed by atoms with E-state index in [-0.39, 0.29) is 0 Å². The van der Waals surface area contributed by atoms with Crippen LogP contribution in [0.25, 0.3) is 0 Å². The summed E-state index contributed by atoms with van der Waals surface area (Å²) in [7, 11) is 1.65. The molecule has 4 heteroatoms. The first-order valence-corrected chi connectivity index (χ1v) is 6.60. The van der Waals surface area contributed by atoms with E-state index in [1.807, 2.05) is 24.3 Å². The maximum Gasteiger partial charge on any atom is 0.0983 e. The van der Waals surface area contributed by atoms with Gasteiger partial charge in [-0.1, -0.05) is 29.8 Å². The molecule has 1 aliphatic rings. The van der Waals surface area contributed by atoms with Crippen molar-refractivity contribution >= 4 is 11.6 Å². The molecule has 18 heavy (non-hydrogen) atoms. The third-order valence-corrected chi connectivity index (χ3v) is 4.09. The lowest BCUT2D eigenvalue weighted by molar-refractivity contribution is -0.151. The fraction of sp³-hybridized carbons (Fsp3) is 0.571. The molecule has 1 aromatic carbocycles. The topological polar surface area (TPSA) is 38.7 Å². The Morgan fingerprint density at radius 3 is 2.67 bits per heavy atom. The minimum absolute atomic E-state index is 0.503. The van der Waals surface area contributed by atoms with Crippen molar-refractivity contribution < 1.29 is 14.6 Å². The van der Waals surface area contributed by atoms with Crippen molar-refractivity contribution in [3.63, 3.8) is 0 Å². The van der Waals surface area contributed by atoms with E-state index in [0.717, 1.165) is 18.4 Å². The van der Waals surface area contributed by atoms with E-state index >= 15 is 0 Å². The summed E-state index contributed by atoms with van der Waals surface area (Å²) in [5.74, 6) is 0. The van der Waals surface area contributed by atoms with Crippen molar-refractivity contribution in [3.05, 3.63) is 34.9 Å². The van der Waals surface area contributed by atoms with Gasteiger partial charge in [-0.25, -0.2) is 0 Å². The van der Waals surface area contributed by atoms with Gasteiger partial charge in [-0.15, -0.1) is 0 Å². The Hall–Kier alpha value is -0.610. The first-order chi connectivity index (χ1) is 8.68. The fourth-order valence-corrected chi connectivity index (χ4v) is 2.66. The van der Waals surface area contributed by atoms with Crippen LogP contribution in [0.1, 0.15) is 18.4 Å². The maximum atomic E-state index is 10.5. The predicted molar refractivity (Wildman–Crippen MR) is 71.0 cm³/mol. The third kappa shape index (κ3) is 2.86. The lowest BCUT2D eigenvalue weighted by Gasteiger charge is -2.39. The molecule has 100 valence electrons. The highest BCUT2D eigenvalue weighted by Gasteiger charge is 2.39. The lowest BCUT2D eigenvalue weighted by Crippen LogP contribution is -2.49. The van der Waals surface area contributed by atoms with E-state index in [9.17, 15) is 5.11 Å². The van der Waals surface area contributed by atoms with Gasteiger partial charge < -0.3 is 14.6 Å². The molecular weight excluding hydrogens is 252 g/mol. The standard InChI is InChI=1S/C14H19ClO3/c1-17-14(6-8-18-9-7-14)13(16)10-11-4-2-3-5-12(11)15/h2-5,13,16H,6-10H2,1H3. The first-order valence-electron chi connectivity index (χ1n) is 6.22. The van der Waals surface area contributed by atoms with Crippen molar-refractivity contribution in [2.24, 2.45) is 0 Å². The molecule has 1 atom stereocenters. The first kappa shape index (κ1) is 13.8. The van der Waals surface area contributed by atoms with E-state index < -0.39 is 11.7 Å². The molecule has 1 heterocycles. The van der Waals surface area contributed by atoms with Gasteiger partial charge in [0.15, 0.2) is 0 Å². The quantitative estimate of drug-likeness (QED) is 0.913. The van der Waals surface area contributed by atoms with Gasteiger partial charge in [-0.2, -0.15) is 0 Å². The second-order valence-electron chi connectivity index (χ2n) is 4.69. The van der Waals surface area contributed by atoms with Crippen molar-refractivity contribution in [2.75, 3.05) is 20.3 Å². The van der Waals surface area contributed by atoms with Crippen LogP contribution in [-0.4, -0.2) is 37.1 Å². The number of aliphatic hydroxyl groups is 1. The van der Waals surface area contributed by atoms with Gasteiger partial charge in [-0.3, -0.25) is 0 Å². The average Bonchev–Trinajstić information content (AvgIpc) is 2.42. The summed E-state index contributed by atoms with van der Waals surface area (Å²) in [5, 5.41) is 11.2. The number of aliphatic hydroxyl groups excluding tert-OH is 1. The van der Waals surface area contributed by atoms with Gasteiger partial charge in [0.2, 0.25) is 0 Å². The lowest BCUT2D eigenvalue weighted by atomic mass is 9.84. The van der Waals surface area contributed by atoms with Gasteiger partial charge in [0.05, 0.1) is 11.7 Å². The molecule has 0 spiro atoms. The van der Waals surface area contributed by atoms with Crippen molar-refractivity contribution in [2.45, 2.75) is 31.0 Å². The van der Waals surface area contributed by atoms with Gasteiger partial charge in [0.1, 0.15) is 0 Å². The van der Waals surface area contributed by atoms with Crippen LogP contribution in [0.4, 0.5) is 0 Å². The summed E-state index contributed by atoms with van der Waals surface area (Å²) in [5.41, 5.74) is 0.451. The van der Waals surface area contributed by atoms with E-state index in [1.54, 1.807) is 7.11 Å². The van der Waals surface area contributed by atoms with Crippen LogP contribution in [-0.2, 0) is 15.9 Å². The van der Waals surface area contributed by atoms with Gasteiger partial charge in [0.25, 0.3) is 0 Å². The van der Waals surface area contributed by atoms with E-state index in [2.05, 4.69) is 0 Å². The predicted octanol–water partition coefficient (Wildman–Crippen LogP) is 2.44. The largest absolute Gasteiger partial charge is 0.390 e. The number of rotatable bonds is 4. The Morgan fingerprint density at radius 2 is 2.06 bits per heavy atom. The molecule has 0 bridgehead atoms. The molecule has 1 aromatic rings. The molecule has 1 fully saturated rings. The molecule has 1 unspecified atom stereocenters. The Bertz CT molecular complexity index is 388. The van der Waals surface area contributed by atoms with Crippen LogP contribution in [0, 0.1) is 0 Å². The molecule has 1 saturated heterocycles. The number of hydrogen-bond donors (Lipinski definition) is 1. The molecule has 0 radical (unpaired) electrons. The minimum Gasteiger partial charge on any atom is -0.390 e. The van der Waals surface area contributed by atoms with Crippen LogP contribution in [0.5, 0.6) is 0 Å². The highest BCUT2D eigenvalue weighted by molar-refractivity contribution is 6.31. The highest BCUT2D eigenvalue weighted by atomic mass is 35.5. The molecule has 0 aliphatic carbocycles. The number of halogens is 1. The summed E-state index contributed by atoms with van der Waals surface area (Å²) < 4.78 is 10.9. The summed E-state index contributed by atoms with van der Waals surface area (Å²) in [6.45, 7) is 1.26. The summed E-state index contributed by atoms with van der Waals surface area (Å²) >= 11 is 6.12. The van der Waals surface area contributed by atoms with E-state index in [0.29, 0.717) is 24.7 Å². The van der Waals surface area contributed by atoms with E-state index in [4.69, 9.17) is 21.1 Å². The SMILES string of the molecule is COC1(C(O)Cc2ccccc2Cl)CCOCC1. The Labute approximate surface area is 113 Å². The molecule has 0 amide bonds. The number of hydrogen-bond acceptors (Lipinski definition) is 3. The van der Waals surface area contributed by atoms with Crippen molar-refractivity contribution in [3.8, 4) is 0 Å². The second kappa shape index (κ2) is 6.02. The highest BCUT2D eigenvalue weighted by Crippen LogP contribution is 2.31. The number of benzene rings is 1. The number of ether oxygens (including phenoxy) is 2. The summed E-state index contributed by atoms with van der Waals surface area (Å²) in [4.78, 5) is 0. The average molecular weight is 271 g/mol. The zero-order valence-electron chi connectivity index (χ0n) is 10.6. The Kier molecular flexibility index (Phi) is 4.62. The minimum atomic E-state index is -0.564.